The second kappa shape index (κ2) is 5.37. The highest BCUT2D eigenvalue weighted by molar-refractivity contribution is 7.10. The third-order valence-electron chi connectivity index (χ3n) is 4.53. The fraction of sp³-hybridized carbons (Fsp3) is 0.353. The van der Waals surface area contributed by atoms with Crippen molar-refractivity contribution in [1.82, 2.24) is 0 Å². The highest BCUT2D eigenvalue weighted by Crippen LogP contribution is 2.37. The maximum Gasteiger partial charge on any atom is 0.280 e. The summed E-state index contributed by atoms with van der Waals surface area (Å²) in [5.74, 6) is 1.23. The summed E-state index contributed by atoms with van der Waals surface area (Å²) < 4.78 is 2.19. The summed E-state index contributed by atoms with van der Waals surface area (Å²) in [5, 5.41) is 14.1. The van der Waals surface area contributed by atoms with E-state index in [9.17, 15) is 5.11 Å². The van der Waals surface area contributed by atoms with Crippen molar-refractivity contribution in [1.29, 1.82) is 0 Å². The van der Waals surface area contributed by atoms with Gasteiger partial charge in [0.15, 0.2) is 6.54 Å². The van der Waals surface area contributed by atoms with Gasteiger partial charge in [-0.25, -0.2) is 9.48 Å². The summed E-state index contributed by atoms with van der Waals surface area (Å²) in [6.45, 7) is 1.48. The molecule has 1 atom stereocenters. The lowest BCUT2D eigenvalue weighted by Gasteiger charge is -2.22. The molecule has 1 aromatic heterocycles. The molecule has 114 valence electrons. The highest BCUT2D eigenvalue weighted by Gasteiger charge is 2.53. The van der Waals surface area contributed by atoms with Gasteiger partial charge in [-0.2, -0.15) is 0 Å². The van der Waals surface area contributed by atoms with Crippen LogP contribution in [-0.4, -0.2) is 28.6 Å². The molecule has 5 heteroatoms. The standard InChI is InChI=1S/C17H18ClN2OS/c18-13-6-8-14(9-7-13)19-12-17(21,15-4-3-11-22-15)20-10-2-1-5-16(19)20/h3-4,6-9,11,21H,1-2,5,10,12H2/q+1/t17-/m1/s1. The van der Waals surface area contributed by atoms with Gasteiger partial charge in [0.2, 0.25) is 0 Å². The van der Waals surface area contributed by atoms with Crippen LogP contribution in [0.25, 0.3) is 0 Å². The summed E-state index contributed by atoms with van der Waals surface area (Å²) in [5.41, 5.74) is 0.183. The number of aliphatic hydroxyl groups is 1. The molecule has 0 unspecified atom stereocenters. The molecule has 2 aliphatic heterocycles. The summed E-state index contributed by atoms with van der Waals surface area (Å²) in [4.78, 5) is 3.26. The molecule has 22 heavy (non-hydrogen) atoms. The summed E-state index contributed by atoms with van der Waals surface area (Å²) in [6.07, 6.45) is 3.32. The molecule has 1 N–H and O–H groups in total. The Morgan fingerprint density at radius 3 is 2.73 bits per heavy atom. The Bertz CT molecular complexity index is 711. The monoisotopic (exact) mass is 333 g/mol. The minimum Gasteiger partial charge on any atom is -0.346 e. The van der Waals surface area contributed by atoms with E-state index in [0.717, 1.165) is 35.0 Å². The molecule has 4 rings (SSSR count). The Balaban J connectivity index is 1.79. The average molecular weight is 334 g/mol. The van der Waals surface area contributed by atoms with Gasteiger partial charge in [0.25, 0.3) is 11.6 Å². The first-order valence-electron chi connectivity index (χ1n) is 7.61. The summed E-state index contributed by atoms with van der Waals surface area (Å²) in [6, 6.07) is 11.9. The molecule has 0 radical (unpaired) electrons. The molecule has 0 fully saturated rings. The third kappa shape index (κ3) is 2.18. The molecule has 3 heterocycles. The van der Waals surface area contributed by atoms with Crippen LogP contribution >= 0.6 is 22.9 Å². The Labute approximate surface area is 139 Å². The predicted octanol–water partition coefficient (Wildman–Crippen LogP) is 3.66. The highest BCUT2D eigenvalue weighted by atomic mass is 35.5. The topological polar surface area (TPSA) is 26.5 Å². The number of hydrogen-bond acceptors (Lipinski definition) is 3. The Hall–Kier alpha value is -1.36. The lowest BCUT2D eigenvalue weighted by atomic mass is 10.1. The van der Waals surface area contributed by atoms with Gasteiger partial charge in [-0.05, 0) is 48.6 Å². The zero-order chi connectivity index (χ0) is 15.2. The van der Waals surface area contributed by atoms with E-state index in [2.05, 4.69) is 9.48 Å². The second-order valence-corrected chi connectivity index (χ2v) is 7.27. The molecule has 2 aliphatic rings. The predicted molar refractivity (Wildman–Crippen MR) is 91.0 cm³/mol. The van der Waals surface area contributed by atoms with Crippen molar-refractivity contribution in [3.05, 3.63) is 51.7 Å². The van der Waals surface area contributed by atoms with Crippen LogP contribution in [0.3, 0.4) is 0 Å². The minimum atomic E-state index is -0.913. The van der Waals surface area contributed by atoms with Crippen LogP contribution in [0.4, 0.5) is 5.69 Å². The Kier molecular flexibility index (Phi) is 3.48. The van der Waals surface area contributed by atoms with Crippen molar-refractivity contribution in [3.8, 4) is 0 Å². The van der Waals surface area contributed by atoms with Crippen LogP contribution in [0, 0.1) is 0 Å². The van der Waals surface area contributed by atoms with Gasteiger partial charge in [0.1, 0.15) is 5.69 Å². The Morgan fingerprint density at radius 2 is 2.00 bits per heavy atom. The number of anilines is 1. The molecule has 0 aliphatic carbocycles. The molecule has 1 aromatic carbocycles. The van der Waals surface area contributed by atoms with Crippen molar-refractivity contribution in [2.75, 3.05) is 18.0 Å². The summed E-state index contributed by atoms with van der Waals surface area (Å²) in [7, 11) is 0. The van der Waals surface area contributed by atoms with E-state index in [4.69, 9.17) is 11.6 Å². The van der Waals surface area contributed by atoms with E-state index in [1.54, 1.807) is 11.3 Å². The van der Waals surface area contributed by atoms with E-state index in [0.29, 0.717) is 6.54 Å². The third-order valence-corrected chi connectivity index (χ3v) is 5.80. The van der Waals surface area contributed by atoms with Gasteiger partial charge in [0, 0.05) is 11.4 Å². The van der Waals surface area contributed by atoms with Gasteiger partial charge >= 0.3 is 0 Å². The fourth-order valence-corrected chi connectivity index (χ4v) is 4.42. The van der Waals surface area contributed by atoms with Crippen molar-refractivity contribution in [2.45, 2.75) is 25.0 Å². The van der Waals surface area contributed by atoms with Crippen LogP contribution in [0.15, 0.2) is 41.8 Å². The first-order valence-corrected chi connectivity index (χ1v) is 8.87. The largest absolute Gasteiger partial charge is 0.346 e. The van der Waals surface area contributed by atoms with Crippen LogP contribution in [0.1, 0.15) is 24.1 Å². The number of β-amino-alcohol motifs (C(OH)–C–C–N with tert-alkyl or cyclic N) is 1. The maximum absolute atomic E-state index is 11.4. The zero-order valence-electron chi connectivity index (χ0n) is 12.2. The molecule has 0 saturated heterocycles. The Morgan fingerprint density at radius 1 is 1.18 bits per heavy atom. The number of rotatable bonds is 2. The number of amidine groups is 1. The normalized spacial score (nSPS) is 24.7. The number of benzene rings is 1. The second-order valence-electron chi connectivity index (χ2n) is 5.88. The minimum absolute atomic E-state index is 0.574. The molecule has 0 bridgehead atoms. The first-order chi connectivity index (χ1) is 10.7. The molecule has 0 amide bonds. The molecule has 0 saturated carbocycles. The van der Waals surface area contributed by atoms with Crippen LogP contribution < -0.4 is 4.90 Å². The lowest BCUT2D eigenvalue weighted by molar-refractivity contribution is -0.660. The summed E-state index contributed by atoms with van der Waals surface area (Å²) >= 11 is 7.63. The van der Waals surface area contributed by atoms with Crippen molar-refractivity contribution in [3.63, 3.8) is 0 Å². The number of hydrogen-bond donors (Lipinski definition) is 1. The number of thiophene rings is 1. The van der Waals surface area contributed by atoms with Crippen molar-refractivity contribution >= 4 is 34.5 Å². The van der Waals surface area contributed by atoms with Crippen LogP contribution in [-0.2, 0) is 5.72 Å². The van der Waals surface area contributed by atoms with E-state index < -0.39 is 5.72 Å². The average Bonchev–Trinajstić information content (AvgIpc) is 3.17. The van der Waals surface area contributed by atoms with Crippen molar-refractivity contribution < 1.29 is 9.68 Å². The first kappa shape index (κ1) is 14.2. The molecular formula is C17H18ClN2OS+. The van der Waals surface area contributed by atoms with Crippen molar-refractivity contribution in [2.24, 2.45) is 0 Å². The van der Waals surface area contributed by atoms with E-state index in [1.165, 1.54) is 12.3 Å². The maximum atomic E-state index is 11.4. The van der Waals surface area contributed by atoms with Gasteiger partial charge in [0.05, 0.1) is 11.4 Å². The van der Waals surface area contributed by atoms with Gasteiger partial charge in [-0.3, -0.25) is 0 Å². The van der Waals surface area contributed by atoms with E-state index in [1.807, 2.05) is 41.8 Å². The van der Waals surface area contributed by atoms with Crippen LogP contribution in [0.2, 0.25) is 5.02 Å². The van der Waals surface area contributed by atoms with E-state index >= 15 is 0 Å². The molecule has 2 aromatic rings. The van der Waals surface area contributed by atoms with Gasteiger partial charge < -0.3 is 5.11 Å². The van der Waals surface area contributed by atoms with Gasteiger partial charge in [-0.1, -0.05) is 17.7 Å². The smallest absolute Gasteiger partial charge is 0.280 e. The van der Waals surface area contributed by atoms with Gasteiger partial charge in [-0.15, -0.1) is 11.3 Å². The molecule has 0 spiro atoms. The quantitative estimate of drug-likeness (QED) is 0.849. The van der Waals surface area contributed by atoms with E-state index in [-0.39, 0.29) is 0 Å². The number of nitrogens with zero attached hydrogens (tertiary/aromatic N) is 2. The number of halogens is 1. The SMILES string of the molecule is O[C@@]1(c2cccs2)CN(c2ccc(Cl)cc2)C2=[N+]1CCCC2. The lowest BCUT2D eigenvalue weighted by Crippen LogP contribution is -2.40. The fourth-order valence-electron chi connectivity index (χ4n) is 3.47. The zero-order valence-corrected chi connectivity index (χ0v) is 13.8. The van der Waals surface area contributed by atoms with Crippen LogP contribution in [0.5, 0.6) is 0 Å². The molecule has 3 nitrogen and oxygen atoms in total. The molecular weight excluding hydrogens is 316 g/mol.